The predicted octanol–water partition coefficient (Wildman–Crippen LogP) is 6.15. The molecule has 3 aliphatic rings. The van der Waals surface area contributed by atoms with Crippen molar-refractivity contribution in [2.24, 2.45) is 17.3 Å². The summed E-state index contributed by atoms with van der Waals surface area (Å²) in [5, 5.41) is 10.2. The molecule has 2 saturated heterocycles. The number of carbonyl (C=O) groups is 2. The van der Waals surface area contributed by atoms with E-state index in [0.29, 0.717) is 37.5 Å². The lowest BCUT2D eigenvalue weighted by Gasteiger charge is -2.42. The van der Waals surface area contributed by atoms with Gasteiger partial charge in [0.05, 0.1) is 18.0 Å². The van der Waals surface area contributed by atoms with E-state index in [1.54, 1.807) is 4.90 Å². The summed E-state index contributed by atoms with van der Waals surface area (Å²) in [4.78, 5) is 33.8. The van der Waals surface area contributed by atoms with E-state index < -0.39 is 34.9 Å². The Morgan fingerprint density at radius 1 is 0.976 bits per heavy atom. The van der Waals surface area contributed by atoms with Crippen LogP contribution in [-0.2, 0) is 9.59 Å². The number of nitriles is 1. The van der Waals surface area contributed by atoms with E-state index in [2.05, 4.69) is 38.7 Å². The Balaban J connectivity index is 0.00000462. The van der Waals surface area contributed by atoms with Gasteiger partial charge in [0.25, 0.3) is 0 Å². The number of hydrogen-bond acceptors (Lipinski definition) is 4. The summed E-state index contributed by atoms with van der Waals surface area (Å²) in [5.41, 5.74) is -0.497. The normalized spacial score (nSPS) is 29.1. The van der Waals surface area contributed by atoms with Crippen molar-refractivity contribution >= 4 is 24.2 Å². The van der Waals surface area contributed by atoms with Crippen molar-refractivity contribution in [2.45, 2.75) is 110 Å². The Kier molecular flexibility index (Phi) is 10.2. The van der Waals surface area contributed by atoms with Gasteiger partial charge < -0.3 is 9.80 Å². The Hall–Kier alpha value is -2.24. The second-order valence-electron chi connectivity index (χ2n) is 14.4. The molecule has 41 heavy (non-hydrogen) atoms. The van der Waals surface area contributed by atoms with Gasteiger partial charge in [-0.05, 0) is 64.0 Å². The van der Waals surface area contributed by atoms with Crippen LogP contribution < -0.4 is 0 Å². The van der Waals surface area contributed by atoms with E-state index in [-0.39, 0.29) is 41.8 Å². The summed E-state index contributed by atoms with van der Waals surface area (Å²) >= 11 is 0. The van der Waals surface area contributed by atoms with Gasteiger partial charge >= 0.3 is 0 Å². The lowest BCUT2D eigenvalue weighted by atomic mass is 9.84. The number of hydrogen-bond donors (Lipinski definition) is 0. The monoisotopic (exact) mass is 592 g/mol. The Bertz CT molecular complexity index is 1150. The molecule has 4 atom stereocenters. The molecule has 2 aliphatic heterocycles. The molecule has 4 rings (SSSR count). The van der Waals surface area contributed by atoms with Crippen LogP contribution in [0.1, 0.15) is 92.1 Å². The number of rotatable bonds is 4. The second kappa shape index (κ2) is 12.6. The summed E-state index contributed by atoms with van der Waals surface area (Å²) in [5.74, 6) is -1.82. The molecule has 0 spiro atoms. The minimum atomic E-state index is -0.655. The lowest BCUT2D eigenvalue weighted by Crippen LogP contribution is -2.53. The number of halogens is 3. The van der Waals surface area contributed by atoms with Gasteiger partial charge in [0.15, 0.2) is 0 Å². The van der Waals surface area contributed by atoms with E-state index in [0.717, 1.165) is 31.7 Å². The molecule has 1 aliphatic carbocycles. The maximum Gasteiger partial charge on any atom is 0.228 e. The van der Waals surface area contributed by atoms with Gasteiger partial charge in [-0.15, -0.1) is 12.4 Å². The number of carbonyl (C=O) groups excluding carboxylic acids is 2. The quantitative estimate of drug-likeness (QED) is 0.421. The molecule has 2 amide bonds. The van der Waals surface area contributed by atoms with Gasteiger partial charge in [-0.1, -0.05) is 33.8 Å². The number of nitrogens with zero attached hydrogens (tertiary/aromatic N) is 4. The van der Waals surface area contributed by atoms with E-state index in [9.17, 15) is 19.2 Å². The van der Waals surface area contributed by atoms with Crippen LogP contribution in [0.5, 0.6) is 0 Å². The smallest absolute Gasteiger partial charge is 0.228 e. The Morgan fingerprint density at radius 2 is 1.61 bits per heavy atom. The minimum Gasteiger partial charge on any atom is -0.334 e. The van der Waals surface area contributed by atoms with E-state index in [1.165, 1.54) is 12.1 Å². The highest BCUT2D eigenvalue weighted by molar-refractivity contribution is 5.85. The minimum absolute atomic E-state index is 0. The van der Waals surface area contributed by atoms with E-state index in [4.69, 9.17) is 0 Å². The van der Waals surface area contributed by atoms with Crippen LogP contribution >= 0.6 is 12.4 Å². The molecule has 0 N–H and O–H groups in total. The zero-order valence-electron chi connectivity index (χ0n) is 25.6. The first kappa shape index (κ1) is 33.3. The molecule has 1 saturated carbocycles. The standard InChI is InChI=1S/C32H46F2N4O2.ClH/c1-20-8-11-22(12-9-20)38(30(40)31(2,3)4)24-15-23(16-35)37(17-24)29(39)27-19-36(32(5,6)7)18-26(27)25-13-10-21(33)14-28(25)34;/h10,13-14,20,22-24,26-27H,8-9,11-12,15,17-19H2,1-7H3;1H/t20-,22+,23-,24-,26-,27+;/m0./s1. The molecule has 0 bridgehead atoms. The lowest BCUT2D eigenvalue weighted by molar-refractivity contribution is -0.146. The van der Waals surface area contributed by atoms with Crippen molar-refractivity contribution in [2.75, 3.05) is 19.6 Å². The molecule has 228 valence electrons. The van der Waals surface area contributed by atoms with Crippen molar-refractivity contribution < 1.29 is 18.4 Å². The Morgan fingerprint density at radius 3 is 2.15 bits per heavy atom. The van der Waals surface area contributed by atoms with Crippen LogP contribution in [0.15, 0.2) is 18.2 Å². The van der Waals surface area contributed by atoms with Crippen LogP contribution in [0.3, 0.4) is 0 Å². The molecule has 6 nitrogen and oxygen atoms in total. The molecule has 9 heteroatoms. The highest BCUT2D eigenvalue weighted by Crippen LogP contribution is 2.41. The molecule has 3 fully saturated rings. The third-order valence-electron chi connectivity index (χ3n) is 9.31. The van der Waals surface area contributed by atoms with Crippen molar-refractivity contribution in [3.63, 3.8) is 0 Å². The SMILES string of the molecule is CC(C)(C)C(=O)N([C@H]1C[C@@H](C#N)N(C(=O)[C@@H]2CN(C(C)(C)C)C[C@H]2c2ccc(F)cc2F)C1)[C@H]1CC[C@@H](C)CC1.Cl. The van der Waals surface area contributed by atoms with Crippen molar-refractivity contribution in [3.05, 3.63) is 35.4 Å². The molecule has 0 unspecified atom stereocenters. The van der Waals surface area contributed by atoms with Crippen LogP contribution in [0.4, 0.5) is 8.78 Å². The summed E-state index contributed by atoms with van der Waals surface area (Å²) in [6.07, 6.45) is 4.40. The van der Waals surface area contributed by atoms with Gasteiger partial charge in [-0.3, -0.25) is 14.5 Å². The van der Waals surface area contributed by atoms with Gasteiger partial charge in [-0.25, -0.2) is 8.78 Å². The summed E-state index contributed by atoms with van der Waals surface area (Å²) in [7, 11) is 0. The van der Waals surface area contributed by atoms with E-state index >= 15 is 4.39 Å². The highest BCUT2D eigenvalue weighted by Gasteiger charge is 2.49. The molecule has 1 aromatic rings. The maximum atomic E-state index is 15.0. The molecular formula is C32H47ClF2N4O2. The Labute approximate surface area is 250 Å². The van der Waals surface area contributed by atoms with Crippen molar-refractivity contribution in [1.82, 2.24) is 14.7 Å². The molecule has 0 radical (unpaired) electrons. The first-order valence-electron chi connectivity index (χ1n) is 14.8. The summed E-state index contributed by atoms with van der Waals surface area (Å²) in [6.45, 7) is 15.4. The van der Waals surface area contributed by atoms with Gasteiger partial charge in [0.2, 0.25) is 11.8 Å². The van der Waals surface area contributed by atoms with Crippen LogP contribution in [-0.4, -0.2) is 69.8 Å². The van der Waals surface area contributed by atoms with Crippen LogP contribution in [0.25, 0.3) is 0 Å². The fourth-order valence-corrected chi connectivity index (χ4v) is 6.85. The third kappa shape index (κ3) is 7.05. The molecule has 1 aromatic carbocycles. The largest absolute Gasteiger partial charge is 0.334 e. The van der Waals surface area contributed by atoms with Crippen molar-refractivity contribution in [1.29, 1.82) is 5.26 Å². The highest BCUT2D eigenvalue weighted by atomic mass is 35.5. The average molecular weight is 593 g/mol. The zero-order valence-corrected chi connectivity index (χ0v) is 26.4. The first-order valence-corrected chi connectivity index (χ1v) is 14.8. The van der Waals surface area contributed by atoms with E-state index in [1.807, 2.05) is 25.7 Å². The average Bonchev–Trinajstić information content (AvgIpc) is 3.49. The summed E-state index contributed by atoms with van der Waals surface area (Å²) < 4.78 is 28.8. The molecular weight excluding hydrogens is 546 g/mol. The molecule has 2 heterocycles. The van der Waals surface area contributed by atoms with Crippen LogP contribution in [0.2, 0.25) is 0 Å². The molecule has 0 aromatic heterocycles. The zero-order chi connectivity index (χ0) is 29.6. The third-order valence-corrected chi connectivity index (χ3v) is 9.31. The number of amides is 2. The summed E-state index contributed by atoms with van der Waals surface area (Å²) in [6, 6.07) is 5.11. The fourth-order valence-electron chi connectivity index (χ4n) is 6.85. The fraction of sp³-hybridized carbons (Fsp3) is 0.719. The maximum absolute atomic E-state index is 15.0. The number of likely N-dealkylation sites (tertiary alicyclic amines) is 2. The van der Waals surface area contributed by atoms with Crippen molar-refractivity contribution in [3.8, 4) is 6.07 Å². The predicted molar refractivity (Wildman–Crippen MR) is 158 cm³/mol. The van der Waals surface area contributed by atoms with Crippen LogP contribution in [0, 0.1) is 40.2 Å². The topological polar surface area (TPSA) is 67.6 Å². The van der Waals surface area contributed by atoms with Gasteiger partial charge in [0, 0.05) is 55.0 Å². The van der Waals surface area contributed by atoms with Gasteiger partial charge in [-0.2, -0.15) is 5.26 Å². The first-order chi connectivity index (χ1) is 18.6. The number of benzene rings is 1. The second-order valence-corrected chi connectivity index (χ2v) is 14.4. The van der Waals surface area contributed by atoms with Gasteiger partial charge in [0.1, 0.15) is 17.7 Å².